The molecule has 38 heavy (non-hydrogen) atoms. The van der Waals surface area contributed by atoms with Crippen LogP contribution in [0.5, 0.6) is 0 Å². The van der Waals surface area contributed by atoms with Gasteiger partial charge in [-0.1, -0.05) is 38.8 Å². The van der Waals surface area contributed by atoms with E-state index in [-0.39, 0.29) is 17.4 Å². The fraction of sp³-hybridized carbons (Fsp3) is 0.367. The second-order valence-electron chi connectivity index (χ2n) is 9.30. The number of anilines is 1. The smallest absolute Gasteiger partial charge is 0.274 e. The van der Waals surface area contributed by atoms with Crippen LogP contribution in [0.25, 0.3) is 10.9 Å². The number of rotatable bonds is 9. The molecule has 4 aromatic rings. The van der Waals surface area contributed by atoms with Crippen LogP contribution < -0.4 is 5.32 Å². The van der Waals surface area contributed by atoms with Crippen molar-refractivity contribution in [3.63, 3.8) is 0 Å². The first-order valence-electron chi connectivity index (χ1n) is 13.0. The number of hydrogen-bond donors (Lipinski definition) is 1. The van der Waals surface area contributed by atoms with Gasteiger partial charge in [0.05, 0.1) is 11.6 Å². The molecule has 0 bridgehead atoms. The van der Waals surface area contributed by atoms with Crippen LogP contribution in [0, 0.1) is 18.3 Å². The first-order chi connectivity index (χ1) is 18.3. The Balaban J connectivity index is 0.000000336. The summed E-state index contributed by atoms with van der Waals surface area (Å²) in [5.41, 5.74) is 4.34. The van der Waals surface area contributed by atoms with Crippen molar-refractivity contribution in [2.75, 3.05) is 5.32 Å². The predicted molar refractivity (Wildman–Crippen MR) is 148 cm³/mol. The highest BCUT2D eigenvalue weighted by Crippen LogP contribution is 2.34. The number of amides is 1. The summed E-state index contributed by atoms with van der Waals surface area (Å²) in [6.45, 7) is 8.01. The maximum absolute atomic E-state index is 12.6. The second-order valence-corrected chi connectivity index (χ2v) is 9.30. The summed E-state index contributed by atoms with van der Waals surface area (Å²) in [6.07, 6.45) is 8.81. The van der Waals surface area contributed by atoms with E-state index in [4.69, 9.17) is 9.78 Å². The molecular weight excluding hydrogens is 478 g/mol. The van der Waals surface area contributed by atoms with Crippen LogP contribution in [0.2, 0.25) is 0 Å². The Morgan fingerprint density at radius 1 is 1.08 bits per heavy atom. The van der Waals surface area contributed by atoms with Crippen LogP contribution in [0.15, 0.2) is 53.3 Å². The Hall–Kier alpha value is -4.25. The number of carbonyl (C=O) groups is 2. The molecule has 4 rings (SSSR count). The third kappa shape index (κ3) is 6.94. The molecule has 0 spiro atoms. The number of nitrogens with zero attached hydrogens (tertiary/aromatic N) is 4. The van der Waals surface area contributed by atoms with Gasteiger partial charge >= 0.3 is 0 Å². The van der Waals surface area contributed by atoms with Crippen molar-refractivity contribution in [1.82, 2.24) is 14.7 Å². The quantitative estimate of drug-likeness (QED) is 0.242. The molecule has 3 aromatic heterocycles. The SMILES string of the molecule is CCC(=O)c1cc(C)on1.CCCC(CCC)c1cn(C)c2ccc(NC(=O)c3cc(C#N)ccn3)cc12. The van der Waals surface area contributed by atoms with Crippen LogP contribution in [0.3, 0.4) is 0 Å². The number of benzene rings is 1. The average molecular weight is 514 g/mol. The summed E-state index contributed by atoms with van der Waals surface area (Å²) in [4.78, 5) is 27.5. The largest absolute Gasteiger partial charge is 0.361 e. The zero-order valence-corrected chi connectivity index (χ0v) is 22.7. The van der Waals surface area contributed by atoms with Gasteiger partial charge in [-0.2, -0.15) is 5.26 Å². The fourth-order valence-corrected chi connectivity index (χ4v) is 4.48. The first kappa shape index (κ1) is 28.3. The van der Waals surface area contributed by atoms with Crippen molar-refractivity contribution in [3.8, 4) is 6.07 Å². The van der Waals surface area contributed by atoms with Crippen molar-refractivity contribution in [2.24, 2.45) is 7.05 Å². The topological polar surface area (TPSA) is 114 Å². The molecule has 1 N–H and O–H groups in total. The number of hydrogen-bond acceptors (Lipinski definition) is 6. The highest BCUT2D eigenvalue weighted by molar-refractivity contribution is 6.04. The summed E-state index contributed by atoms with van der Waals surface area (Å²) in [6, 6.07) is 12.8. The molecule has 0 aliphatic carbocycles. The van der Waals surface area contributed by atoms with E-state index in [1.807, 2.05) is 18.2 Å². The van der Waals surface area contributed by atoms with Gasteiger partial charge in [0.15, 0.2) is 5.78 Å². The molecule has 0 unspecified atom stereocenters. The van der Waals surface area contributed by atoms with E-state index < -0.39 is 0 Å². The molecule has 0 fully saturated rings. The molecule has 8 nitrogen and oxygen atoms in total. The third-order valence-electron chi connectivity index (χ3n) is 6.35. The van der Waals surface area contributed by atoms with Crippen LogP contribution in [0.1, 0.15) is 96.7 Å². The normalized spacial score (nSPS) is 10.7. The maximum atomic E-state index is 12.6. The van der Waals surface area contributed by atoms with Gasteiger partial charge in [-0.3, -0.25) is 14.6 Å². The van der Waals surface area contributed by atoms with E-state index in [9.17, 15) is 9.59 Å². The monoisotopic (exact) mass is 513 g/mol. The van der Waals surface area contributed by atoms with Gasteiger partial charge in [0.25, 0.3) is 5.91 Å². The van der Waals surface area contributed by atoms with E-state index in [0.717, 1.165) is 36.9 Å². The molecule has 3 heterocycles. The van der Waals surface area contributed by atoms with Crippen LogP contribution in [-0.4, -0.2) is 26.4 Å². The lowest BCUT2D eigenvalue weighted by Gasteiger charge is -2.15. The number of Topliss-reactive ketones (excluding diaryl/α,β-unsaturated/α-hetero) is 1. The average Bonchev–Trinajstić information content (AvgIpc) is 3.51. The molecule has 0 saturated carbocycles. The Kier molecular flexibility index (Phi) is 9.94. The highest BCUT2D eigenvalue weighted by Gasteiger charge is 2.17. The number of aryl methyl sites for hydroxylation is 2. The van der Waals surface area contributed by atoms with Crippen molar-refractivity contribution in [1.29, 1.82) is 5.26 Å². The number of fused-ring (bicyclic) bond motifs is 1. The Morgan fingerprint density at radius 2 is 1.82 bits per heavy atom. The lowest BCUT2D eigenvalue weighted by Crippen LogP contribution is -2.13. The Bertz CT molecular complexity index is 1440. The Morgan fingerprint density at radius 3 is 2.42 bits per heavy atom. The molecular formula is C30H35N5O3. The standard InChI is InChI=1S/C23H26N4O.C7H9NO2/c1-4-6-17(7-5-2)20-15-27(3)22-9-8-18(13-19(20)22)26-23(28)21-12-16(14-24)10-11-25-21;1-3-7(9)6-4-5(2)10-8-6/h8-13,15,17H,4-7H2,1-3H3,(H,26,28);4H,3H2,1-2H3. The number of aromatic nitrogens is 3. The molecule has 0 atom stereocenters. The minimum Gasteiger partial charge on any atom is -0.361 e. The number of pyridine rings is 1. The fourth-order valence-electron chi connectivity index (χ4n) is 4.48. The number of nitriles is 1. The first-order valence-corrected chi connectivity index (χ1v) is 13.0. The predicted octanol–water partition coefficient (Wildman–Crippen LogP) is 6.96. The molecule has 8 heteroatoms. The molecule has 1 aromatic carbocycles. The van der Waals surface area contributed by atoms with Crippen molar-refractivity contribution in [3.05, 3.63) is 77.1 Å². The van der Waals surface area contributed by atoms with Gasteiger partial charge in [0.1, 0.15) is 17.1 Å². The van der Waals surface area contributed by atoms with Gasteiger partial charge in [0, 0.05) is 48.5 Å². The third-order valence-corrected chi connectivity index (χ3v) is 6.35. The maximum Gasteiger partial charge on any atom is 0.274 e. The van der Waals surface area contributed by atoms with E-state index in [2.05, 4.69) is 53.2 Å². The van der Waals surface area contributed by atoms with Gasteiger partial charge in [-0.15, -0.1) is 0 Å². The van der Waals surface area contributed by atoms with Gasteiger partial charge < -0.3 is 14.4 Å². The number of carbonyl (C=O) groups excluding carboxylic acids is 2. The van der Waals surface area contributed by atoms with Gasteiger partial charge in [-0.05, 0) is 61.6 Å². The van der Waals surface area contributed by atoms with E-state index in [0.29, 0.717) is 29.4 Å². The number of ketones is 1. The zero-order chi connectivity index (χ0) is 27.7. The summed E-state index contributed by atoms with van der Waals surface area (Å²) < 4.78 is 6.88. The summed E-state index contributed by atoms with van der Waals surface area (Å²) >= 11 is 0. The molecule has 0 aliphatic rings. The van der Waals surface area contributed by atoms with E-state index >= 15 is 0 Å². The van der Waals surface area contributed by atoms with Crippen LogP contribution in [-0.2, 0) is 7.05 Å². The van der Waals surface area contributed by atoms with Crippen molar-refractivity contribution in [2.45, 2.75) is 65.7 Å². The summed E-state index contributed by atoms with van der Waals surface area (Å²) in [5, 5.41) is 16.7. The lowest BCUT2D eigenvalue weighted by atomic mass is 9.90. The minimum atomic E-state index is -0.312. The zero-order valence-electron chi connectivity index (χ0n) is 22.7. The molecule has 1 amide bonds. The van der Waals surface area contributed by atoms with Crippen molar-refractivity contribution < 1.29 is 14.1 Å². The molecule has 198 valence electrons. The number of nitrogens with one attached hydrogen (secondary N) is 1. The molecule has 0 aliphatic heterocycles. The molecule has 0 saturated heterocycles. The lowest BCUT2D eigenvalue weighted by molar-refractivity contribution is 0.0978. The summed E-state index contributed by atoms with van der Waals surface area (Å²) in [7, 11) is 2.07. The van der Waals surface area contributed by atoms with Crippen LogP contribution >= 0.6 is 0 Å². The van der Waals surface area contributed by atoms with E-state index in [1.165, 1.54) is 23.2 Å². The Labute approximate surface area is 223 Å². The minimum absolute atomic E-state index is 0.0249. The van der Waals surface area contributed by atoms with E-state index in [1.54, 1.807) is 26.0 Å². The van der Waals surface area contributed by atoms with Crippen molar-refractivity contribution >= 4 is 28.3 Å². The highest BCUT2D eigenvalue weighted by atomic mass is 16.5. The summed E-state index contributed by atoms with van der Waals surface area (Å²) in [5.74, 6) is 0.917. The molecule has 0 radical (unpaired) electrons. The van der Waals surface area contributed by atoms with Gasteiger partial charge in [-0.25, -0.2) is 0 Å². The van der Waals surface area contributed by atoms with Gasteiger partial charge in [0.2, 0.25) is 0 Å². The van der Waals surface area contributed by atoms with Crippen LogP contribution in [0.4, 0.5) is 5.69 Å². The second kappa shape index (κ2) is 13.3.